The number of hydrogen-bond donors (Lipinski definition) is 2. The van der Waals surface area contributed by atoms with Gasteiger partial charge in [-0.3, -0.25) is 4.79 Å². The second-order valence-electron chi connectivity index (χ2n) is 6.18. The van der Waals surface area contributed by atoms with Crippen LogP contribution in [-0.4, -0.2) is 23.0 Å². The molecule has 0 fully saturated rings. The van der Waals surface area contributed by atoms with Gasteiger partial charge in [-0.25, -0.2) is 4.79 Å². The highest BCUT2D eigenvalue weighted by Crippen LogP contribution is 2.15. The summed E-state index contributed by atoms with van der Waals surface area (Å²) in [4.78, 5) is 23.1. The van der Waals surface area contributed by atoms with Crippen LogP contribution in [0.25, 0.3) is 0 Å². The molecule has 1 atom stereocenters. The topological polar surface area (TPSA) is 75.6 Å². The third-order valence-corrected chi connectivity index (χ3v) is 3.75. The molecule has 0 aliphatic rings. The van der Waals surface area contributed by atoms with Crippen LogP contribution in [0.3, 0.4) is 0 Å². The van der Waals surface area contributed by atoms with E-state index in [0.717, 1.165) is 11.1 Å². The third-order valence-electron chi connectivity index (χ3n) is 3.75. The molecule has 2 rings (SSSR count). The summed E-state index contributed by atoms with van der Waals surface area (Å²) in [5, 5.41) is 11.8. The summed E-state index contributed by atoms with van der Waals surface area (Å²) in [6.45, 7) is 3.93. The van der Waals surface area contributed by atoms with Gasteiger partial charge >= 0.3 is 5.97 Å². The molecule has 132 valence electrons. The van der Waals surface area contributed by atoms with Crippen LogP contribution >= 0.6 is 0 Å². The number of aliphatic carboxylic acids is 1. The number of benzene rings is 2. The van der Waals surface area contributed by atoms with E-state index in [-0.39, 0.29) is 18.2 Å². The Labute approximate surface area is 147 Å². The van der Waals surface area contributed by atoms with Crippen molar-refractivity contribution in [3.05, 3.63) is 65.7 Å². The van der Waals surface area contributed by atoms with Gasteiger partial charge in [-0.15, -0.1) is 0 Å². The van der Waals surface area contributed by atoms with Gasteiger partial charge in [0, 0.05) is 12.3 Å². The van der Waals surface area contributed by atoms with Gasteiger partial charge in [0.15, 0.2) is 0 Å². The molecule has 25 heavy (non-hydrogen) atoms. The van der Waals surface area contributed by atoms with E-state index >= 15 is 0 Å². The fourth-order valence-electron chi connectivity index (χ4n) is 2.24. The number of hydrogen-bond acceptors (Lipinski definition) is 3. The van der Waals surface area contributed by atoms with Crippen molar-refractivity contribution in [1.29, 1.82) is 0 Å². The first-order valence-electron chi connectivity index (χ1n) is 8.24. The van der Waals surface area contributed by atoms with Crippen LogP contribution in [0.4, 0.5) is 0 Å². The Balaban J connectivity index is 1.93. The SMILES string of the molecule is CC(C)C(=O)N[C@@H](Cc1ccc(OCc2ccccc2)cc1)C(=O)O. The van der Waals surface area contributed by atoms with Gasteiger partial charge in [0.05, 0.1) is 0 Å². The molecule has 2 aromatic rings. The molecule has 0 saturated carbocycles. The molecule has 0 aromatic heterocycles. The van der Waals surface area contributed by atoms with Crippen LogP contribution in [-0.2, 0) is 22.6 Å². The summed E-state index contributed by atoms with van der Waals surface area (Å²) in [5.41, 5.74) is 1.90. The van der Waals surface area contributed by atoms with Crippen LogP contribution in [0, 0.1) is 5.92 Å². The van der Waals surface area contributed by atoms with E-state index in [2.05, 4.69) is 5.32 Å². The average molecular weight is 341 g/mol. The average Bonchev–Trinajstić information content (AvgIpc) is 2.61. The maximum atomic E-state index is 11.7. The lowest BCUT2D eigenvalue weighted by Gasteiger charge is -2.16. The van der Waals surface area contributed by atoms with Crippen molar-refractivity contribution < 1.29 is 19.4 Å². The second kappa shape index (κ2) is 8.87. The van der Waals surface area contributed by atoms with Gasteiger partial charge in [-0.2, -0.15) is 0 Å². The molecule has 1 amide bonds. The maximum absolute atomic E-state index is 11.7. The van der Waals surface area contributed by atoms with Crippen molar-refractivity contribution in [2.45, 2.75) is 32.9 Å². The van der Waals surface area contributed by atoms with Gasteiger partial charge in [0.25, 0.3) is 0 Å². The Hall–Kier alpha value is -2.82. The van der Waals surface area contributed by atoms with Crippen molar-refractivity contribution in [3.8, 4) is 5.75 Å². The number of nitrogens with one attached hydrogen (secondary N) is 1. The summed E-state index contributed by atoms with van der Waals surface area (Å²) < 4.78 is 5.71. The van der Waals surface area contributed by atoms with E-state index in [0.29, 0.717) is 12.4 Å². The first-order valence-corrected chi connectivity index (χ1v) is 8.24. The summed E-state index contributed by atoms with van der Waals surface area (Å²) in [6.07, 6.45) is 0.229. The fraction of sp³-hybridized carbons (Fsp3) is 0.300. The predicted octanol–water partition coefficient (Wildman–Crippen LogP) is 3.03. The zero-order chi connectivity index (χ0) is 18.2. The van der Waals surface area contributed by atoms with Gasteiger partial charge in [-0.05, 0) is 23.3 Å². The molecule has 0 unspecified atom stereocenters. The summed E-state index contributed by atoms with van der Waals surface area (Å²) in [7, 11) is 0. The van der Waals surface area contributed by atoms with E-state index in [9.17, 15) is 14.7 Å². The van der Waals surface area contributed by atoms with E-state index in [1.54, 1.807) is 26.0 Å². The van der Waals surface area contributed by atoms with Crippen LogP contribution in [0.15, 0.2) is 54.6 Å². The monoisotopic (exact) mass is 341 g/mol. The van der Waals surface area contributed by atoms with Crippen LogP contribution < -0.4 is 10.1 Å². The van der Waals surface area contributed by atoms with Gasteiger partial charge in [0.2, 0.25) is 5.91 Å². The van der Waals surface area contributed by atoms with Crippen LogP contribution in [0.1, 0.15) is 25.0 Å². The van der Waals surface area contributed by atoms with E-state index < -0.39 is 12.0 Å². The zero-order valence-corrected chi connectivity index (χ0v) is 14.4. The third kappa shape index (κ3) is 5.95. The van der Waals surface area contributed by atoms with E-state index in [1.807, 2.05) is 42.5 Å². The first-order chi connectivity index (χ1) is 12.0. The molecule has 0 radical (unpaired) electrons. The molecule has 2 N–H and O–H groups in total. The molecular formula is C20H23NO4. The minimum absolute atomic E-state index is 0.229. The Kier molecular flexibility index (Phi) is 6.57. The fourth-order valence-corrected chi connectivity index (χ4v) is 2.24. The minimum Gasteiger partial charge on any atom is -0.489 e. The second-order valence-corrected chi connectivity index (χ2v) is 6.18. The molecule has 0 heterocycles. The Morgan fingerprint density at radius 2 is 1.64 bits per heavy atom. The molecule has 0 aliphatic heterocycles. The van der Waals surface area contributed by atoms with Crippen molar-refractivity contribution in [1.82, 2.24) is 5.32 Å². The highest BCUT2D eigenvalue weighted by molar-refractivity contribution is 5.84. The molecule has 0 spiro atoms. The van der Waals surface area contributed by atoms with Crippen molar-refractivity contribution in [3.63, 3.8) is 0 Å². The predicted molar refractivity (Wildman–Crippen MR) is 95.3 cm³/mol. The Morgan fingerprint density at radius 3 is 2.20 bits per heavy atom. The van der Waals surface area contributed by atoms with Crippen molar-refractivity contribution >= 4 is 11.9 Å². The lowest BCUT2D eigenvalue weighted by molar-refractivity contribution is -0.142. The summed E-state index contributed by atoms with van der Waals surface area (Å²) >= 11 is 0. The van der Waals surface area contributed by atoms with E-state index in [4.69, 9.17) is 4.74 Å². The highest BCUT2D eigenvalue weighted by Gasteiger charge is 2.21. The van der Waals surface area contributed by atoms with Gasteiger partial charge < -0.3 is 15.2 Å². The number of carboxylic acids is 1. The highest BCUT2D eigenvalue weighted by atomic mass is 16.5. The van der Waals surface area contributed by atoms with E-state index in [1.165, 1.54) is 0 Å². The summed E-state index contributed by atoms with van der Waals surface area (Å²) in [6, 6.07) is 16.2. The molecular weight excluding hydrogens is 318 g/mol. The van der Waals surface area contributed by atoms with Crippen molar-refractivity contribution in [2.24, 2.45) is 5.92 Å². The maximum Gasteiger partial charge on any atom is 0.326 e. The van der Waals surface area contributed by atoms with Gasteiger partial charge in [0.1, 0.15) is 18.4 Å². The quantitative estimate of drug-likeness (QED) is 0.774. The number of carbonyl (C=O) groups excluding carboxylic acids is 1. The lowest BCUT2D eigenvalue weighted by Crippen LogP contribution is -2.44. The van der Waals surface area contributed by atoms with Crippen LogP contribution in [0.5, 0.6) is 5.75 Å². The zero-order valence-electron chi connectivity index (χ0n) is 14.4. The number of rotatable bonds is 8. The van der Waals surface area contributed by atoms with Crippen LogP contribution in [0.2, 0.25) is 0 Å². The molecule has 0 aliphatic carbocycles. The molecule has 5 heteroatoms. The standard InChI is InChI=1S/C20H23NO4/c1-14(2)19(22)21-18(20(23)24)12-15-8-10-17(11-9-15)25-13-16-6-4-3-5-7-16/h3-11,14,18H,12-13H2,1-2H3,(H,21,22)(H,23,24)/t18-/m0/s1. The molecule has 5 nitrogen and oxygen atoms in total. The Morgan fingerprint density at radius 1 is 1.00 bits per heavy atom. The lowest BCUT2D eigenvalue weighted by atomic mass is 10.0. The largest absolute Gasteiger partial charge is 0.489 e. The minimum atomic E-state index is -1.04. The Bertz CT molecular complexity index is 695. The number of amides is 1. The normalized spacial score (nSPS) is 11.8. The molecule has 2 aromatic carbocycles. The molecule has 0 saturated heterocycles. The first kappa shape index (κ1) is 18.5. The molecule has 0 bridgehead atoms. The smallest absolute Gasteiger partial charge is 0.326 e. The number of carboxylic acid groups (broad SMARTS) is 1. The number of ether oxygens (including phenoxy) is 1. The van der Waals surface area contributed by atoms with Gasteiger partial charge in [-0.1, -0.05) is 56.3 Å². The van der Waals surface area contributed by atoms with Crippen molar-refractivity contribution in [2.75, 3.05) is 0 Å². The summed E-state index contributed by atoms with van der Waals surface area (Å²) in [5.74, 6) is -0.852. The number of carbonyl (C=O) groups is 2.